The van der Waals surface area contributed by atoms with Crippen LogP contribution in [0, 0.1) is 17.2 Å². The minimum absolute atomic E-state index is 0.267. The van der Waals surface area contributed by atoms with Crippen LogP contribution in [0.1, 0.15) is 19.3 Å². The smallest absolute Gasteiger partial charge is 0.314 e. The van der Waals surface area contributed by atoms with Gasteiger partial charge in [0.15, 0.2) is 0 Å². The Balaban J connectivity index is 1.28. The predicted octanol–water partition coefficient (Wildman–Crippen LogP) is 1.54. The van der Waals surface area contributed by atoms with Crippen molar-refractivity contribution in [1.29, 1.82) is 5.26 Å². The molecular weight excluding hydrogens is 394 g/mol. The Morgan fingerprint density at radius 1 is 1.29 bits per heavy atom. The highest BCUT2D eigenvalue weighted by Gasteiger charge is 2.47. The summed E-state index contributed by atoms with van der Waals surface area (Å²) in [5.41, 5.74) is 7.67. The van der Waals surface area contributed by atoms with Crippen molar-refractivity contribution in [2.45, 2.75) is 24.8 Å². The van der Waals surface area contributed by atoms with Gasteiger partial charge in [-0.3, -0.25) is 9.58 Å². The van der Waals surface area contributed by atoms with Crippen LogP contribution in [0.25, 0.3) is 22.3 Å². The first kappa shape index (κ1) is 19.5. The molecule has 0 unspecified atom stereocenters. The highest BCUT2D eigenvalue weighted by Crippen LogP contribution is 2.47. The molecular formula is C21H25N9O. The van der Waals surface area contributed by atoms with Gasteiger partial charge in [-0.15, -0.1) is 0 Å². The molecule has 2 amide bonds. The van der Waals surface area contributed by atoms with Crippen molar-refractivity contribution in [3.8, 4) is 17.3 Å². The number of primary amides is 1. The number of aromatic amines is 1. The van der Waals surface area contributed by atoms with Gasteiger partial charge < -0.3 is 15.6 Å². The minimum atomic E-state index is -0.341. The molecule has 0 spiro atoms. The number of fused-ring (bicyclic) bond motifs is 1. The number of H-pyrrole nitrogens is 1. The molecule has 3 N–H and O–H groups in total. The summed E-state index contributed by atoms with van der Waals surface area (Å²) in [6.07, 6.45) is 9.50. The van der Waals surface area contributed by atoms with Crippen molar-refractivity contribution in [3.63, 3.8) is 0 Å². The normalized spacial score (nSPS) is 24.1. The van der Waals surface area contributed by atoms with Gasteiger partial charge in [0.25, 0.3) is 0 Å². The Labute approximate surface area is 179 Å². The molecule has 4 heterocycles. The summed E-state index contributed by atoms with van der Waals surface area (Å²) in [6.45, 7) is 4.03. The molecule has 5 rings (SSSR count). The molecule has 160 valence electrons. The molecule has 1 aliphatic carbocycles. The van der Waals surface area contributed by atoms with E-state index in [1.165, 1.54) is 0 Å². The first-order valence-corrected chi connectivity index (χ1v) is 10.6. The molecule has 1 aliphatic heterocycles. The number of hydrogen-bond acceptors (Lipinski definition) is 6. The summed E-state index contributed by atoms with van der Waals surface area (Å²) in [5.74, 6) is 0.511. The molecule has 31 heavy (non-hydrogen) atoms. The number of aromatic nitrogens is 5. The number of urea groups is 1. The number of nitrogens with one attached hydrogen (secondary N) is 1. The molecule has 2 fully saturated rings. The van der Waals surface area contributed by atoms with Crippen molar-refractivity contribution in [2.24, 2.45) is 11.7 Å². The van der Waals surface area contributed by atoms with Crippen molar-refractivity contribution < 1.29 is 4.79 Å². The fraction of sp³-hybridized carbons (Fsp3) is 0.476. The first-order valence-electron chi connectivity index (χ1n) is 10.6. The Bertz CT molecular complexity index is 1130. The summed E-state index contributed by atoms with van der Waals surface area (Å²) < 4.78 is 1.97. The van der Waals surface area contributed by atoms with Gasteiger partial charge in [0.1, 0.15) is 12.0 Å². The Morgan fingerprint density at radius 3 is 2.84 bits per heavy atom. The number of amides is 2. The van der Waals surface area contributed by atoms with Gasteiger partial charge in [-0.05, 0) is 24.8 Å². The average molecular weight is 419 g/mol. The topological polar surface area (TPSA) is 133 Å². The number of nitrogens with two attached hydrogens (primary N) is 1. The maximum Gasteiger partial charge on any atom is 0.314 e. The summed E-state index contributed by atoms with van der Waals surface area (Å²) >= 11 is 0. The van der Waals surface area contributed by atoms with Gasteiger partial charge in [0, 0.05) is 56.1 Å². The third-order valence-electron chi connectivity index (χ3n) is 6.64. The molecule has 0 radical (unpaired) electrons. The van der Waals surface area contributed by atoms with Gasteiger partial charge in [0.2, 0.25) is 0 Å². The Morgan fingerprint density at radius 2 is 2.10 bits per heavy atom. The molecule has 0 aromatic carbocycles. The highest BCUT2D eigenvalue weighted by atomic mass is 16.2. The Hall–Kier alpha value is -3.45. The number of rotatable bonds is 5. The molecule has 0 atom stereocenters. The summed E-state index contributed by atoms with van der Waals surface area (Å²) in [4.78, 5) is 27.2. The van der Waals surface area contributed by atoms with Crippen LogP contribution in [-0.4, -0.2) is 73.3 Å². The monoisotopic (exact) mass is 419 g/mol. The maximum atomic E-state index is 11.3. The number of hydrogen-bond donors (Lipinski definition) is 2. The van der Waals surface area contributed by atoms with Gasteiger partial charge in [-0.25, -0.2) is 14.8 Å². The Kier molecular flexibility index (Phi) is 4.82. The van der Waals surface area contributed by atoms with E-state index in [0.717, 1.165) is 54.8 Å². The van der Waals surface area contributed by atoms with E-state index < -0.39 is 0 Å². The SMILES string of the molecule is N#CCC1(n2cc(-c3ncnc4[nH]ccc34)cn2)CC(CN2CCN(C(N)=O)CC2)C1. The minimum Gasteiger partial charge on any atom is -0.351 e. The third-order valence-corrected chi connectivity index (χ3v) is 6.64. The van der Waals surface area contributed by atoms with Crippen molar-refractivity contribution in [3.05, 3.63) is 31.0 Å². The van der Waals surface area contributed by atoms with E-state index in [1.54, 1.807) is 11.2 Å². The summed E-state index contributed by atoms with van der Waals surface area (Å²) in [6, 6.07) is 3.98. The molecule has 1 saturated heterocycles. The zero-order valence-electron chi connectivity index (χ0n) is 17.2. The number of nitriles is 1. The third kappa shape index (κ3) is 3.51. The van der Waals surface area contributed by atoms with E-state index in [1.807, 2.05) is 29.3 Å². The van der Waals surface area contributed by atoms with E-state index in [-0.39, 0.29) is 11.6 Å². The first-order chi connectivity index (χ1) is 15.1. The van der Waals surface area contributed by atoms with Gasteiger partial charge in [0.05, 0.1) is 29.9 Å². The fourth-order valence-electron chi connectivity index (χ4n) is 5.03. The van der Waals surface area contributed by atoms with Crippen LogP contribution in [0.2, 0.25) is 0 Å². The van der Waals surface area contributed by atoms with Crippen LogP contribution in [-0.2, 0) is 5.54 Å². The zero-order valence-corrected chi connectivity index (χ0v) is 17.2. The van der Waals surface area contributed by atoms with Gasteiger partial charge in [-0.2, -0.15) is 10.4 Å². The lowest BCUT2D eigenvalue weighted by Crippen LogP contribution is -2.54. The van der Waals surface area contributed by atoms with E-state index in [4.69, 9.17) is 5.73 Å². The van der Waals surface area contributed by atoms with Crippen LogP contribution in [0.5, 0.6) is 0 Å². The highest BCUT2D eigenvalue weighted by molar-refractivity contribution is 5.90. The molecule has 0 bridgehead atoms. The molecule has 3 aromatic rings. The lowest BCUT2D eigenvalue weighted by Gasteiger charge is -2.48. The maximum absolute atomic E-state index is 11.3. The molecule has 1 saturated carbocycles. The second-order valence-corrected chi connectivity index (χ2v) is 8.60. The van der Waals surface area contributed by atoms with Crippen LogP contribution >= 0.6 is 0 Å². The van der Waals surface area contributed by atoms with E-state index in [0.29, 0.717) is 25.4 Å². The molecule has 3 aromatic heterocycles. The second kappa shape index (κ2) is 7.67. The number of piperazine rings is 1. The van der Waals surface area contributed by atoms with Crippen molar-refractivity contribution in [2.75, 3.05) is 32.7 Å². The number of carbonyl (C=O) groups excluding carboxylic acids is 1. The largest absolute Gasteiger partial charge is 0.351 e. The summed E-state index contributed by atoms with van der Waals surface area (Å²) in [7, 11) is 0. The van der Waals surface area contributed by atoms with Gasteiger partial charge in [-0.1, -0.05) is 0 Å². The van der Waals surface area contributed by atoms with Crippen LogP contribution in [0.15, 0.2) is 31.0 Å². The lowest BCUT2D eigenvalue weighted by atomic mass is 9.66. The van der Waals surface area contributed by atoms with Crippen LogP contribution < -0.4 is 5.73 Å². The van der Waals surface area contributed by atoms with Crippen LogP contribution in [0.3, 0.4) is 0 Å². The molecule has 10 heteroatoms. The van der Waals surface area contributed by atoms with E-state index in [9.17, 15) is 10.1 Å². The fourth-order valence-corrected chi connectivity index (χ4v) is 5.03. The number of carbonyl (C=O) groups is 1. The number of nitrogens with zero attached hydrogens (tertiary/aromatic N) is 7. The van der Waals surface area contributed by atoms with Crippen molar-refractivity contribution in [1.82, 2.24) is 34.5 Å². The molecule has 10 nitrogen and oxygen atoms in total. The van der Waals surface area contributed by atoms with Crippen molar-refractivity contribution >= 4 is 17.1 Å². The molecule has 2 aliphatic rings. The zero-order chi connectivity index (χ0) is 21.4. The lowest BCUT2D eigenvalue weighted by molar-refractivity contribution is 0.0232. The average Bonchev–Trinajstić information content (AvgIpc) is 3.42. The standard InChI is InChI=1S/C21H25N9O/c22-3-2-21(9-15(10-21)12-28-5-7-29(8-6-28)20(23)31)30-13-16(11-27-30)18-17-1-4-24-19(17)26-14-25-18/h1,4,11,13-15H,2,5-10,12H2,(H2,23,31)(H,24,25,26). The summed E-state index contributed by atoms with van der Waals surface area (Å²) in [5, 5.41) is 15.1. The van der Waals surface area contributed by atoms with E-state index >= 15 is 0 Å². The quantitative estimate of drug-likeness (QED) is 0.644. The second-order valence-electron chi connectivity index (χ2n) is 8.60. The van der Waals surface area contributed by atoms with Crippen LogP contribution in [0.4, 0.5) is 4.79 Å². The predicted molar refractivity (Wildman–Crippen MR) is 114 cm³/mol. The van der Waals surface area contributed by atoms with Gasteiger partial charge >= 0.3 is 6.03 Å². The van der Waals surface area contributed by atoms with E-state index in [2.05, 4.69) is 31.0 Å².